The monoisotopic (exact) mass is 263 g/mol. The summed E-state index contributed by atoms with van der Waals surface area (Å²) < 4.78 is 5.63. The second-order valence-corrected chi connectivity index (χ2v) is 6.30. The molecule has 0 aliphatic heterocycles. The molecule has 0 saturated heterocycles. The Hall–Kier alpha value is -1.03. The fourth-order valence-corrected chi connectivity index (χ4v) is 2.86. The van der Waals surface area contributed by atoms with Gasteiger partial charge in [0.05, 0.1) is 5.69 Å². The molecule has 4 heteroatoms. The molecule has 2 aliphatic carbocycles. The zero-order chi connectivity index (χ0) is 13.2. The lowest BCUT2D eigenvalue weighted by Crippen LogP contribution is -2.35. The Morgan fingerprint density at radius 3 is 2.68 bits per heavy atom. The predicted molar refractivity (Wildman–Crippen MR) is 76.2 cm³/mol. The highest BCUT2D eigenvalue weighted by molar-refractivity contribution is 5.27. The Morgan fingerprint density at radius 2 is 2.00 bits per heavy atom. The molecule has 0 spiro atoms. The number of hydrogen-bond acceptors (Lipinski definition) is 4. The fourth-order valence-electron chi connectivity index (χ4n) is 2.86. The van der Waals surface area contributed by atoms with Crippen LogP contribution in [0.2, 0.25) is 0 Å². The molecule has 1 aromatic rings. The molecule has 2 saturated carbocycles. The molecule has 0 radical (unpaired) electrons. The summed E-state index contributed by atoms with van der Waals surface area (Å²) in [5.74, 6) is 0.882. The summed E-state index contributed by atoms with van der Waals surface area (Å²) >= 11 is 0. The summed E-state index contributed by atoms with van der Waals surface area (Å²) in [5, 5.41) is 3.47. The summed E-state index contributed by atoms with van der Waals surface area (Å²) in [6.45, 7) is 3.19. The third kappa shape index (κ3) is 3.30. The van der Waals surface area contributed by atoms with Crippen LogP contribution in [0.15, 0.2) is 10.7 Å². The molecule has 1 N–H and O–H groups in total. The van der Waals surface area contributed by atoms with E-state index in [1.165, 1.54) is 38.5 Å². The molecule has 0 atom stereocenters. The Balaban J connectivity index is 1.54. The van der Waals surface area contributed by atoms with Gasteiger partial charge in [-0.15, -0.1) is 0 Å². The average Bonchev–Trinajstić information content (AvgIpc) is 3.13. The molecule has 1 aromatic heterocycles. The standard InChI is InChI=1S/C15H25N3O/c1-11-3-7-14(8-4-11)18(2)15-17-13(10-19-15)9-16-12-5-6-12/h10-12,14,16H,3-9H2,1-2H3. The molecule has 4 nitrogen and oxygen atoms in total. The molecular formula is C15H25N3O. The van der Waals surface area contributed by atoms with Gasteiger partial charge in [-0.2, -0.15) is 4.98 Å². The maximum Gasteiger partial charge on any atom is 0.297 e. The van der Waals surface area contributed by atoms with Crippen molar-refractivity contribution in [3.8, 4) is 0 Å². The molecule has 0 unspecified atom stereocenters. The molecule has 3 rings (SSSR count). The van der Waals surface area contributed by atoms with Gasteiger partial charge in [0, 0.05) is 25.7 Å². The van der Waals surface area contributed by atoms with Crippen LogP contribution in [0.1, 0.15) is 51.1 Å². The van der Waals surface area contributed by atoms with Crippen molar-refractivity contribution in [1.29, 1.82) is 0 Å². The average molecular weight is 263 g/mol. The van der Waals surface area contributed by atoms with Crippen LogP contribution in [0, 0.1) is 5.92 Å². The number of anilines is 1. The van der Waals surface area contributed by atoms with Crippen molar-refractivity contribution in [2.45, 2.75) is 64.1 Å². The van der Waals surface area contributed by atoms with Crippen LogP contribution in [-0.2, 0) is 6.54 Å². The molecular weight excluding hydrogens is 238 g/mol. The quantitative estimate of drug-likeness (QED) is 0.887. The minimum absolute atomic E-state index is 0.596. The molecule has 2 fully saturated rings. The van der Waals surface area contributed by atoms with Crippen LogP contribution in [0.3, 0.4) is 0 Å². The van der Waals surface area contributed by atoms with E-state index in [2.05, 4.69) is 29.2 Å². The van der Waals surface area contributed by atoms with E-state index in [0.29, 0.717) is 6.04 Å². The smallest absolute Gasteiger partial charge is 0.297 e. The first-order valence-electron chi connectivity index (χ1n) is 7.63. The predicted octanol–water partition coefficient (Wildman–Crippen LogP) is 2.94. The van der Waals surface area contributed by atoms with Crippen LogP contribution in [-0.4, -0.2) is 24.1 Å². The first-order chi connectivity index (χ1) is 9.22. The van der Waals surface area contributed by atoms with Crippen molar-refractivity contribution in [2.75, 3.05) is 11.9 Å². The molecule has 106 valence electrons. The lowest BCUT2D eigenvalue weighted by Gasteiger charge is -2.32. The minimum Gasteiger partial charge on any atom is -0.432 e. The van der Waals surface area contributed by atoms with Gasteiger partial charge in [-0.25, -0.2) is 0 Å². The number of nitrogens with one attached hydrogen (secondary N) is 1. The normalized spacial score (nSPS) is 27.5. The SMILES string of the molecule is CC1CCC(N(C)c2nc(CNC3CC3)co2)CC1. The van der Waals surface area contributed by atoms with Gasteiger partial charge in [0.1, 0.15) is 6.26 Å². The van der Waals surface area contributed by atoms with E-state index in [1.54, 1.807) is 6.26 Å². The Morgan fingerprint density at radius 1 is 1.26 bits per heavy atom. The van der Waals surface area contributed by atoms with Gasteiger partial charge in [0.15, 0.2) is 0 Å². The number of oxazole rings is 1. The van der Waals surface area contributed by atoms with Gasteiger partial charge in [-0.05, 0) is 44.4 Å². The molecule has 0 aromatic carbocycles. The largest absolute Gasteiger partial charge is 0.432 e. The van der Waals surface area contributed by atoms with Gasteiger partial charge >= 0.3 is 0 Å². The van der Waals surface area contributed by atoms with Crippen molar-refractivity contribution in [2.24, 2.45) is 5.92 Å². The summed E-state index contributed by atoms with van der Waals surface area (Å²) in [4.78, 5) is 6.83. The minimum atomic E-state index is 0.596. The second-order valence-electron chi connectivity index (χ2n) is 6.30. The van der Waals surface area contributed by atoms with E-state index in [1.807, 2.05) is 0 Å². The third-order valence-electron chi connectivity index (χ3n) is 4.52. The van der Waals surface area contributed by atoms with Crippen LogP contribution in [0.4, 0.5) is 6.01 Å². The van der Waals surface area contributed by atoms with E-state index < -0.39 is 0 Å². The maximum absolute atomic E-state index is 5.63. The number of nitrogens with zero attached hydrogens (tertiary/aromatic N) is 2. The van der Waals surface area contributed by atoms with E-state index in [4.69, 9.17) is 4.42 Å². The number of rotatable bonds is 5. The van der Waals surface area contributed by atoms with Gasteiger partial charge in [-0.3, -0.25) is 0 Å². The van der Waals surface area contributed by atoms with E-state index in [0.717, 1.165) is 30.2 Å². The fraction of sp³-hybridized carbons (Fsp3) is 0.800. The van der Waals surface area contributed by atoms with Crippen LogP contribution in [0.5, 0.6) is 0 Å². The van der Waals surface area contributed by atoms with Gasteiger partial charge < -0.3 is 14.6 Å². The van der Waals surface area contributed by atoms with Crippen LogP contribution < -0.4 is 10.2 Å². The zero-order valence-electron chi connectivity index (χ0n) is 12.1. The number of hydrogen-bond donors (Lipinski definition) is 1. The van der Waals surface area contributed by atoms with Crippen molar-refractivity contribution >= 4 is 6.01 Å². The van der Waals surface area contributed by atoms with E-state index >= 15 is 0 Å². The summed E-state index contributed by atoms with van der Waals surface area (Å²) in [6.07, 6.45) is 9.59. The maximum atomic E-state index is 5.63. The lowest BCUT2D eigenvalue weighted by molar-refractivity contribution is 0.332. The number of aromatic nitrogens is 1. The first-order valence-corrected chi connectivity index (χ1v) is 7.63. The summed E-state index contributed by atoms with van der Waals surface area (Å²) in [6, 6.07) is 2.10. The van der Waals surface area contributed by atoms with Gasteiger partial charge in [-0.1, -0.05) is 6.92 Å². The lowest BCUT2D eigenvalue weighted by atomic mass is 9.87. The highest BCUT2D eigenvalue weighted by atomic mass is 16.4. The second kappa shape index (κ2) is 5.53. The van der Waals surface area contributed by atoms with Gasteiger partial charge in [0.2, 0.25) is 0 Å². The molecule has 2 aliphatic rings. The van der Waals surface area contributed by atoms with E-state index in [9.17, 15) is 0 Å². The molecule has 1 heterocycles. The van der Waals surface area contributed by atoms with E-state index in [-0.39, 0.29) is 0 Å². The molecule has 0 bridgehead atoms. The summed E-state index contributed by atoms with van der Waals surface area (Å²) in [5.41, 5.74) is 1.03. The highest BCUT2D eigenvalue weighted by Crippen LogP contribution is 2.29. The van der Waals surface area contributed by atoms with Gasteiger partial charge in [0.25, 0.3) is 6.01 Å². The van der Waals surface area contributed by atoms with Crippen molar-refractivity contribution < 1.29 is 4.42 Å². The van der Waals surface area contributed by atoms with Crippen LogP contribution >= 0.6 is 0 Å². The topological polar surface area (TPSA) is 41.3 Å². The van der Waals surface area contributed by atoms with Crippen molar-refractivity contribution in [3.05, 3.63) is 12.0 Å². The Bertz CT molecular complexity index is 405. The van der Waals surface area contributed by atoms with Crippen LogP contribution in [0.25, 0.3) is 0 Å². The Kier molecular flexibility index (Phi) is 3.78. The third-order valence-corrected chi connectivity index (χ3v) is 4.52. The first kappa shape index (κ1) is 13.0. The molecule has 19 heavy (non-hydrogen) atoms. The summed E-state index contributed by atoms with van der Waals surface area (Å²) in [7, 11) is 2.12. The molecule has 0 amide bonds. The van der Waals surface area contributed by atoms with Crippen molar-refractivity contribution in [3.63, 3.8) is 0 Å². The zero-order valence-corrected chi connectivity index (χ0v) is 12.1. The van der Waals surface area contributed by atoms with Crippen molar-refractivity contribution in [1.82, 2.24) is 10.3 Å². The Labute approximate surface area is 115 Å². The highest BCUT2D eigenvalue weighted by Gasteiger charge is 2.25.